The fourth-order valence-corrected chi connectivity index (χ4v) is 4.08. The Morgan fingerprint density at radius 2 is 1.69 bits per heavy atom. The fraction of sp³-hybridized carbons (Fsp3) is 0.917. The van der Waals surface area contributed by atoms with Gasteiger partial charge in [0, 0.05) is 0 Å². The van der Waals surface area contributed by atoms with Crippen molar-refractivity contribution in [3.63, 3.8) is 0 Å². The summed E-state index contributed by atoms with van der Waals surface area (Å²) in [6, 6.07) is 0. The first-order valence-electron chi connectivity index (χ1n) is 6.13. The molecule has 0 bridgehead atoms. The molecule has 0 spiro atoms. The lowest BCUT2D eigenvalue weighted by Gasteiger charge is -2.43. The van der Waals surface area contributed by atoms with Gasteiger partial charge in [-0.2, -0.15) is 0 Å². The largest absolute Gasteiger partial charge is 0.480 e. The SMILES string of the molecule is CC(C)(C)[Si](C)(C)NC1(C(=O)O)CCCC1. The molecule has 1 aliphatic rings. The van der Waals surface area contributed by atoms with Gasteiger partial charge >= 0.3 is 5.97 Å². The molecule has 0 unspecified atom stereocenters. The van der Waals surface area contributed by atoms with Crippen molar-refractivity contribution in [2.45, 2.75) is 70.1 Å². The Morgan fingerprint density at radius 1 is 1.25 bits per heavy atom. The second kappa shape index (κ2) is 4.15. The monoisotopic (exact) mass is 243 g/mol. The van der Waals surface area contributed by atoms with Crippen LogP contribution in [0.5, 0.6) is 0 Å². The molecule has 1 rings (SSSR count). The van der Waals surface area contributed by atoms with Crippen molar-refractivity contribution >= 4 is 14.2 Å². The van der Waals surface area contributed by atoms with E-state index in [0.717, 1.165) is 25.7 Å². The number of carbonyl (C=O) groups is 1. The number of carboxylic acid groups (broad SMARTS) is 1. The van der Waals surface area contributed by atoms with Crippen molar-refractivity contribution in [1.29, 1.82) is 0 Å². The molecule has 0 aromatic heterocycles. The third-order valence-electron chi connectivity index (χ3n) is 4.29. The number of aliphatic carboxylic acids is 1. The van der Waals surface area contributed by atoms with E-state index in [1.165, 1.54) is 0 Å². The zero-order valence-electron chi connectivity index (χ0n) is 11.2. The van der Waals surface area contributed by atoms with Crippen LogP contribution < -0.4 is 4.98 Å². The van der Waals surface area contributed by atoms with Crippen molar-refractivity contribution in [1.82, 2.24) is 4.98 Å². The molecule has 1 fully saturated rings. The summed E-state index contributed by atoms with van der Waals surface area (Å²) in [6.07, 6.45) is 3.64. The molecule has 0 radical (unpaired) electrons. The maximum atomic E-state index is 11.5. The van der Waals surface area contributed by atoms with Gasteiger partial charge < -0.3 is 10.1 Å². The van der Waals surface area contributed by atoms with Crippen LogP contribution in [-0.4, -0.2) is 24.9 Å². The molecule has 94 valence electrons. The Morgan fingerprint density at radius 3 is 2.00 bits per heavy atom. The highest BCUT2D eigenvalue weighted by atomic mass is 28.3. The summed E-state index contributed by atoms with van der Waals surface area (Å²) in [7, 11) is -1.74. The van der Waals surface area contributed by atoms with E-state index >= 15 is 0 Å². The lowest BCUT2D eigenvalue weighted by molar-refractivity contribution is -0.143. The Labute approximate surface area is 99.7 Å². The molecular formula is C12H25NO2Si. The molecular weight excluding hydrogens is 218 g/mol. The molecule has 0 aromatic rings. The normalized spacial score (nSPS) is 21.1. The third kappa shape index (κ3) is 2.48. The highest BCUT2D eigenvalue weighted by Gasteiger charge is 2.48. The zero-order chi connectivity index (χ0) is 12.6. The quantitative estimate of drug-likeness (QED) is 0.749. The summed E-state index contributed by atoms with van der Waals surface area (Å²) in [5, 5.41) is 9.63. The van der Waals surface area contributed by atoms with Gasteiger partial charge in [-0.3, -0.25) is 4.79 Å². The number of hydrogen-bond acceptors (Lipinski definition) is 2. The first kappa shape index (κ1) is 13.7. The van der Waals surface area contributed by atoms with Crippen LogP contribution >= 0.6 is 0 Å². The molecule has 0 aromatic carbocycles. The molecule has 3 nitrogen and oxygen atoms in total. The van der Waals surface area contributed by atoms with Crippen molar-refractivity contribution in [2.24, 2.45) is 0 Å². The van der Waals surface area contributed by atoms with Gasteiger partial charge in [0.05, 0.1) is 0 Å². The lowest BCUT2D eigenvalue weighted by Crippen LogP contribution is -2.64. The summed E-state index contributed by atoms with van der Waals surface area (Å²) in [6.45, 7) is 11.1. The van der Waals surface area contributed by atoms with E-state index in [9.17, 15) is 9.90 Å². The summed E-state index contributed by atoms with van der Waals surface area (Å²) in [4.78, 5) is 15.0. The van der Waals surface area contributed by atoms with E-state index in [2.05, 4.69) is 38.8 Å². The molecule has 4 heteroatoms. The average Bonchev–Trinajstić information content (AvgIpc) is 2.50. The van der Waals surface area contributed by atoms with Crippen LogP contribution in [0.2, 0.25) is 18.1 Å². The van der Waals surface area contributed by atoms with Gasteiger partial charge in [-0.1, -0.05) is 46.7 Å². The van der Waals surface area contributed by atoms with Gasteiger partial charge in [-0.05, 0) is 17.9 Å². The van der Waals surface area contributed by atoms with Crippen LogP contribution in [0.1, 0.15) is 46.5 Å². The summed E-state index contributed by atoms with van der Waals surface area (Å²) >= 11 is 0. The van der Waals surface area contributed by atoms with Gasteiger partial charge in [0.2, 0.25) is 0 Å². The van der Waals surface area contributed by atoms with Crippen LogP contribution in [0.25, 0.3) is 0 Å². The average molecular weight is 243 g/mol. The first-order valence-corrected chi connectivity index (χ1v) is 9.13. The van der Waals surface area contributed by atoms with Crippen LogP contribution in [0.3, 0.4) is 0 Å². The van der Waals surface area contributed by atoms with Crippen molar-refractivity contribution in [3.05, 3.63) is 0 Å². The molecule has 0 aliphatic heterocycles. The van der Waals surface area contributed by atoms with Crippen LogP contribution in [0.15, 0.2) is 0 Å². The van der Waals surface area contributed by atoms with Crippen LogP contribution in [-0.2, 0) is 4.79 Å². The Hall–Kier alpha value is -0.353. The number of rotatable bonds is 3. The third-order valence-corrected chi connectivity index (χ3v) is 9.15. The number of carboxylic acids is 1. The van der Waals surface area contributed by atoms with E-state index < -0.39 is 19.7 Å². The van der Waals surface area contributed by atoms with E-state index in [-0.39, 0.29) is 5.04 Å². The molecule has 0 saturated heterocycles. The number of nitrogens with one attached hydrogen (secondary N) is 1. The Bertz CT molecular complexity index is 275. The fourth-order valence-electron chi connectivity index (χ4n) is 2.16. The topological polar surface area (TPSA) is 49.3 Å². The van der Waals surface area contributed by atoms with Gasteiger partial charge in [0.15, 0.2) is 0 Å². The highest BCUT2D eigenvalue weighted by molar-refractivity contribution is 6.78. The minimum absolute atomic E-state index is 0.179. The van der Waals surface area contributed by atoms with E-state index in [1.54, 1.807) is 0 Å². The standard InChI is InChI=1S/C12H25NO2Si/c1-11(2,3)16(4,5)13-12(10(14)15)8-6-7-9-12/h13H,6-9H2,1-5H3,(H,14,15). The zero-order valence-corrected chi connectivity index (χ0v) is 12.2. The maximum Gasteiger partial charge on any atom is 0.323 e. The minimum Gasteiger partial charge on any atom is -0.480 e. The molecule has 1 aliphatic carbocycles. The van der Waals surface area contributed by atoms with Crippen LogP contribution in [0.4, 0.5) is 0 Å². The van der Waals surface area contributed by atoms with Gasteiger partial charge in [-0.25, -0.2) is 0 Å². The van der Waals surface area contributed by atoms with E-state index in [0.29, 0.717) is 0 Å². The van der Waals surface area contributed by atoms with Crippen molar-refractivity contribution in [3.8, 4) is 0 Å². The second-order valence-corrected chi connectivity index (χ2v) is 11.6. The maximum absolute atomic E-state index is 11.5. The smallest absolute Gasteiger partial charge is 0.323 e. The Balaban J connectivity index is 2.89. The van der Waals surface area contributed by atoms with Gasteiger partial charge in [-0.15, -0.1) is 0 Å². The molecule has 1 saturated carbocycles. The first-order chi connectivity index (χ1) is 7.11. The molecule has 0 heterocycles. The highest BCUT2D eigenvalue weighted by Crippen LogP contribution is 2.39. The minimum atomic E-state index is -1.74. The van der Waals surface area contributed by atoms with Gasteiger partial charge in [0.25, 0.3) is 0 Å². The second-order valence-electron chi connectivity index (χ2n) is 6.59. The van der Waals surface area contributed by atoms with Gasteiger partial charge in [0.1, 0.15) is 13.8 Å². The van der Waals surface area contributed by atoms with Crippen LogP contribution in [0, 0.1) is 0 Å². The van der Waals surface area contributed by atoms with E-state index in [4.69, 9.17) is 0 Å². The predicted octanol–water partition coefficient (Wildman–Crippen LogP) is 2.98. The molecule has 0 atom stereocenters. The summed E-state index contributed by atoms with van der Waals surface area (Å²) in [5.41, 5.74) is -0.636. The predicted molar refractivity (Wildman–Crippen MR) is 69.2 cm³/mol. The summed E-state index contributed by atoms with van der Waals surface area (Å²) in [5.74, 6) is -0.658. The van der Waals surface area contributed by atoms with Crippen molar-refractivity contribution < 1.29 is 9.90 Å². The Kier molecular flexibility index (Phi) is 3.55. The van der Waals surface area contributed by atoms with Crippen molar-refractivity contribution in [2.75, 3.05) is 0 Å². The number of hydrogen-bond donors (Lipinski definition) is 2. The van der Waals surface area contributed by atoms with E-state index in [1.807, 2.05) is 0 Å². The summed E-state index contributed by atoms with van der Waals surface area (Å²) < 4.78 is 0. The molecule has 2 N–H and O–H groups in total. The molecule has 16 heavy (non-hydrogen) atoms. The molecule has 0 amide bonds. The lowest BCUT2D eigenvalue weighted by atomic mass is 10.0.